The largest absolute Gasteiger partial charge is 0.538 e. The van der Waals surface area contributed by atoms with Gasteiger partial charge in [0.25, 0.3) is 17.4 Å². The van der Waals surface area contributed by atoms with Gasteiger partial charge >= 0.3 is 19.8 Å². The van der Waals surface area contributed by atoms with Gasteiger partial charge in [-0.05, 0) is 60.9 Å². The summed E-state index contributed by atoms with van der Waals surface area (Å²) in [6.07, 6.45) is 7.13. The van der Waals surface area contributed by atoms with Crippen molar-refractivity contribution in [2.75, 3.05) is 17.7 Å². The number of H-pyrrole nitrogens is 1. The minimum atomic E-state index is -3.93. The van der Waals surface area contributed by atoms with E-state index in [1.54, 1.807) is 49.4 Å². The van der Waals surface area contributed by atoms with Gasteiger partial charge in [-0.3, -0.25) is 38.0 Å². The number of para-hydroxylation sites is 1. The highest BCUT2D eigenvalue weighted by Gasteiger charge is 2.27. The Kier molecular flexibility index (Phi) is 13.8. The lowest BCUT2D eigenvalue weighted by atomic mass is 10.0. The van der Waals surface area contributed by atoms with Crippen LogP contribution < -0.4 is 26.7 Å². The normalized spacial score (nSPS) is 12.3. The van der Waals surface area contributed by atoms with E-state index in [9.17, 15) is 38.4 Å². The van der Waals surface area contributed by atoms with E-state index in [1.165, 1.54) is 36.4 Å². The number of hydrogen-bond acceptors (Lipinski definition) is 15. The minimum Gasteiger partial charge on any atom is -0.480 e. The molecule has 0 saturated carbocycles. The van der Waals surface area contributed by atoms with Crippen molar-refractivity contribution in [2.24, 2.45) is 0 Å². The molecule has 1 unspecified atom stereocenters. The van der Waals surface area contributed by atoms with Gasteiger partial charge in [-0.15, -0.1) is 0 Å². The molecule has 20 heteroatoms. The Morgan fingerprint density at radius 1 is 0.966 bits per heavy atom. The van der Waals surface area contributed by atoms with E-state index >= 15 is 0 Å². The number of carboxylic acids is 1. The summed E-state index contributed by atoms with van der Waals surface area (Å²) in [5.74, 6) is -4.31. The number of terminal acetylenes is 1. The molecule has 2 heterocycles. The standard InChI is InChI=1S/C38H34N7O12P/c1-3-54-58(53,55-4-2)56-21-23-11-9-22(10-12-23)19-29(46)26-7-5-6-8-30(26)57-31(47)18-17-27(37(51)52)43-34(48)24-13-15-25(16-14-24)41-35(49)28-20-40-33-32(42-28)36(50)45-38(39)44-33/h1,5-16,20,27H,4,17-19,21H2,2H3,(H,41,49)(H,43,48)(H,51,52)(H3,39,40,44,45,50)/t27-,58?/m0/s1. The number of fused-ring (bicyclic) bond motifs is 1. The van der Waals surface area contributed by atoms with Crippen LogP contribution in [-0.4, -0.2) is 67.2 Å². The summed E-state index contributed by atoms with van der Waals surface area (Å²) in [6.45, 7) is 1.51. The molecule has 0 radical (unpaired) electrons. The van der Waals surface area contributed by atoms with Gasteiger partial charge < -0.3 is 30.7 Å². The number of aromatic nitrogens is 4. The highest BCUT2D eigenvalue weighted by atomic mass is 31.2. The molecule has 19 nitrogen and oxygen atoms in total. The summed E-state index contributed by atoms with van der Waals surface area (Å²) in [4.78, 5) is 89.9. The van der Waals surface area contributed by atoms with Gasteiger partial charge in [0.15, 0.2) is 16.9 Å². The molecule has 58 heavy (non-hydrogen) atoms. The second-order valence-electron chi connectivity index (χ2n) is 12.0. The smallest absolute Gasteiger partial charge is 0.480 e. The third-order valence-corrected chi connectivity index (χ3v) is 9.30. The van der Waals surface area contributed by atoms with Gasteiger partial charge in [-0.25, -0.2) is 19.3 Å². The highest BCUT2D eigenvalue weighted by molar-refractivity contribution is 7.48. The number of amides is 2. The summed E-state index contributed by atoms with van der Waals surface area (Å²) >= 11 is 0. The predicted molar refractivity (Wildman–Crippen MR) is 205 cm³/mol. The maximum atomic E-state index is 13.2. The van der Waals surface area contributed by atoms with Crippen molar-refractivity contribution in [1.29, 1.82) is 0 Å². The number of phosphoric ester groups is 1. The van der Waals surface area contributed by atoms with Crippen molar-refractivity contribution in [3.63, 3.8) is 0 Å². The number of esters is 1. The number of anilines is 2. The fraction of sp³-hybridized carbons (Fsp3) is 0.184. The third-order valence-electron chi connectivity index (χ3n) is 7.95. The number of benzene rings is 3. The van der Waals surface area contributed by atoms with Crippen molar-refractivity contribution in [3.8, 4) is 18.3 Å². The average Bonchev–Trinajstić information content (AvgIpc) is 3.19. The quantitative estimate of drug-likeness (QED) is 0.0276. The molecular weight excluding hydrogens is 777 g/mol. The number of nitrogens with one attached hydrogen (secondary N) is 3. The molecule has 0 saturated heterocycles. The Morgan fingerprint density at radius 3 is 2.36 bits per heavy atom. The lowest BCUT2D eigenvalue weighted by Gasteiger charge is -2.15. The number of rotatable bonds is 18. The molecule has 3 aromatic carbocycles. The SMILES string of the molecule is C#COP(=O)(OCC)OCc1ccc(CC(=O)c2ccccc2OC(=O)CC[C@H](NC(=O)c2ccc(NC(=O)c3cnc4nc(N)[nH]c(=O)c4n3)cc2)C(=O)O)cc1. The number of Topliss-reactive ketones (excluding diaryl/α,β-unsaturated/α-hetero) is 1. The number of aliphatic carboxylic acids is 1. The summed E-state index contributed by atoms with van der Waals surface area (Å²) < 4.78 is 32.7. The summed E-state index contributed by atoms with van der Waals surface area (Å²) in [7, 11) is -3.93. The van der Waals surface area contributed by atoms with E-state index in [0.29, 0.717) is 11.1 Å². The molecule has 2 aromatic heterocycles. The van der Waals surface area contributed by atoms with Crippen LogP contribution in [0.2, 0.25) is 0 Å². The Bertz CT molecular complexity index is 2500. The molecule has 0 bridgehead atoms. The number of nitrogens with zero attached hydrogens (tertiary/aromatic N) is 3. The third kappa shape index (κ3) is 11.2. The second-order valence-corrected chi connectivity index (χ2v) is 13.6. The highest BCUT2D eigenvalue weighted by Crippen LogP contribution is 2.49. The number of nitrogen functional groups attached to an aromatic ring is 1. The number of carbonyl (C=O) groups excluding carboxylic acids is 4. The van der Waals surface area contributed by atoms with Crippen molar-refractivity contribution in [2.45, 2.75) is 38.8 Å². The maximum Gasteiger partial charge on any atom is 0.538 e. The Morgan fingerprint density at radius 2 is 1.67 bits per heavy atom. The van der Waals surface area contributed by atoms with Crippen molar-refractivity contribution >= 4 is 60.2 Å². The number of carbonyl (C=O) groups is 5. The monoisotopic (exact) mass is 811 g/mol. The van der Waals surface area contributed by atoms with Gasteiger partial charge in [-0.2, -0.15) is 4.98 Å². The molecule has 0 aliphatic heterocycles. The summed E-state index contributed by atoms with van der Waals surface area (Å²) in [5, 5.41) is 14.7. The number of phosphoric acid groups is 1. The first-order valence-corrected chi connectivity index (χ1v) is 18.6. The fourth-order valence-electron chi connectivity index (χ4n) is 5.16. The molecule has 5 aromatic rings. The number of aromatic amines is 1. The number of ketones is 1. The molecule has 0 aliphatic rings. The first-order valence-electron chi connectivity index (χ1n) is 17.2. The second kappa shape index (κ2) is 19.1. The van der Waals surface area contributed by atoms with Crippen LogP contribution in [0.5, 0.6) is 5.75 Å². The van der Waals surface area contributed by atoms with Crippen LogP contribution in [0.25, 0.3) is 11.2 Å². The number of nitrogens with two attached hydrogens (primary N) is 1. The van der Waals surface area contributed by atoms with Gasteiger partial charge in [0, 0.05) is 24.1 Å². The van der Waals surface area contributed by atoms with Crippen molar-refractivity contribution < 1.29 is 52.0 Å². The Hall–Kier alpha value is -7.26. The number of ether oxygens (including phenoxy) is 1. The van der Waals surface area contributed by atoms with Crippen molar-refractivity contribution in [1.82, 2.24) is 25.3 Å². The van der Waals surface area contributed by atoms with Crippen molar-refractivity contribution in [3.05, 3.63) is 117 Å². The first kappa shape index (κ1) is 41.9. The van der Waals surface area contributed by atoms with Crippen LogP contribution in [0.3, 0.4) is 0 Å². The lowest BCUT2D eigenvalue weighted by molar-refractivity contribution is -0.140. The zero-order valence-corrected chi connectivity index (χ0v) is 31.4. The minimum absolute atomic E-state index is 0.0330. The van der Waals surface area contributed by atoms with Gasteiger partial charge in [0.2, 0.25) is 5.95 Å². The number of hydrogen-bond donors (Lipinski definition) is 5. The van der Waals surface area contributed by atoms with E-state index < -0.39 is 49.6 Å². The summed E-state index contributed by atoms with van der Waals surface area (Å²) in [6, 6.07) is 16.6. The van der Waals surface area contributed by atoms with Gasteiger partial charge in [0.1, 0.15) is 23.6 Å². The predicted octanol–water partition coefficient (Wildman–Crippen LogP) is 3.81. The van der Waals surface area contributed by atoms with Crippen LogP contribution in [0.15, 0.2) is 83.8 Å². The lowest BCUT2D eigenvalue weighted by Crippen LogP contribution is -2.41. The van der Waals surface area contributed by atoms with Crippen LogP contribution in [0.4, 0.5) is 11.6 Å². The van der Waals surface area contributed by atoms with E-state index in [4.69, 9.17) is 25.9 Å². The first-order chi connectivity index (χ1) is 27.8. The molecule has 0 aliphatic carbocycles. The zero-order chi connectivity index (χ0) is 41.8. The van der Waals surface area contributed by atoms with E-state index in [-0.39, 0.29) is 77.2 Å². The Labute approximate surface area is 328 Å². The topological polar surface area (TPSA) is 281 Å². The molecule has 2 atom stereocenters. The molecule has 2 amide bonds. The van der Waals surface area contributed by atoms with Crippen LogP contribution >= 0.6 is 7.82 Å². The molecule has 0 fully saturated rings. The Balaban J connectivity index is 1.12. The molecule has 0 spiro atoms. The number of carboxylic acid groups (broad SMARTS) is 1. The van der Waals surface area contributed by atoms with Crippen LogP contribution in [-0.2, 0) is 40.8 Å². The molecule has 5 rings (SSSR count). The molecule has 298 valence electrons. The van der Waals surface area contributed by atoms with Gasteiger partial charge in [0.05, 0.1) is 25.0 Å². The fourth-order valence-corrected chi connectivity index (χ4v) is 6.10. The van der Waals surface area contributed by atoms with E-state index in [0.717, 1.165) is 6.20 Å². The van der Waals surface area contributed by atoms with E-state index in [1.807, 2.05) is 0 Å². The van der Waals surface area contributed by atoms with Crippen LogP contribution in [0.1, 0.15) is 62.1 Å². The molecular formula is C38H34N7O12P. The molecule has 6 N–H and O–H groups in total. The van der Waals surface area contributed by atoms with Crippen LogP contribution in [0, 0.1) is 12.5 Å². The van der Waals surface area contributed by atoms with Gasteiger partial charge in [-0.1, -0.05) is 42.8 Å². The zero-order valence-electron chi connectivity index (χ0n) is 30.5. The summed E-state index contributed by atoms with van der Waals surface area (Å²) in [5.41, 5.74) is 5.99. The van der Waals surface area contributed by atoms with E-state index in [2.05, 4.69) is 35.1 Å². The average molecular weight is 812 g/mol. The maximum absolute atomic E-state index is 13.2.